The minimum Gasteiger partial charge on any atom is -0.510 e. The van der Waals surface area contributed by atoms with Crippen LogP contribution >= 0.6 is 12.2 Å². The van der Waals surface area contributed by atoms with Crippen molar-refractivity contribution in [3.63, 3.8) is 0 Å². The van der Waals surface area contributed by atoms with Crippen LogP contribution in [-0.2, 0) is 17.4 Å². The maximum absolute atomic E-state index is 5.47. The molecule has 0 amide bonds. The number of hydrogen-bond acceptors (Lipinski definition) is 3. The van der Waals surface area contributed by atoms with Crippen LogP contribution in [-0.4, -0.2) is 10.5 Å². The molecule has 0 radical (unpaired) electrons. The van der Waals surface area contributed by atoms with Crippen LogP contribution in [0.1, 0.15) is 57.8 Å². The summed E-state index contributed by atoms with van der Waals surface area (Å²) in [5, 5.41) is 0. The van der Waals surface area contributed by atoms with Gasteiger partial charge < -0.3 is 29.6 Å². The van der Waals surface area contributed by atoms with Crippen molar-refractivity contribution in [2.24, 2.45) is 0 Å². The topological polar surface area (TPSA) is 9.23 Å². The van der Waals surface area contributed by atoms with Crippen molar-refractivity contribution in [1.29, 1.82) is 0 Å². The minimum atomic E-state index is 0. The molecular formula is C11H19KOS2. The Kier molecular flexibility index (Phi) is 12.1. The fourth-order valence-electron chi connectivity index (χ4n) is 2.03. The quantitative estimate of drug-likeness (QED) is 0.395. The Morgan fingerprint density at radius 3 is 1.73 bits per heavy atom. The van der Waals surface area contributed by atoms with Crippen molar-refractivity contribution in [3.8, 4) is 0 Å². The Bertz CT molecular complexity index is 166. The van der Waals surface area contributed by atoms with Crippen LogP contribution in [0.25, 0.3) is 0 Å². The Labute approximate surface area is 147 Å². The van der Waals surface area contributed by atoms with Crippen LogP contribution in [0.2, 0.25) is 0 Å². The molecule has 1 aliphatic rings. The average Bonchev–Trinajstić information content (AvgIpc) is 2.15. The standard InChI is InChI=1S/C11H20OS2.K/c13-11(14)12-10-8-6-4-2-1-3-5-7-9-10;/h10H,1-9H2,(H,13,14);/q;+1/p-1. The summed E-state index contributed by atoms with van der Waals surface area (Å²) in [6.07, 6.45) is 12.0. The van der Waals surface area contributed by atoms with Crippen LogP contribution in [0.4, 0.5) is 0 Å². The van der Waals surface area contributed by atoms with Crippen molar-refractivity contribution in [1.82, 2.24) is 0 Å². The van der Waals surface area contributed by atoms with Crippen molar-refractivity contribution >= 4 is 29.2 Å². The third-order valence-electron chi connectivity index (χ3n) is 2.82. The Balaban J connectivity index is 0.00000196. The molecule has 1 nitrogen and oxygen atoms in total. The van der Waals surface area contributed by atoms with E-state index in [0.29, 0.717) is 10.5 Å². The van der Waals surface area contributed by atoms with Crippen molar-refractivity contribution in [2.45, 2.75) is 63.9 Å². The molecule has 0 aromatic carbocycles. The molecule has 1 aliphatic carbocycles. The fourth-order valence-corrected chi connectivity index (χ4v) is 2.30. The van der Waals surface area contributed by atoms with E-state index in [1.807, 2.05) is 0 Å². The molecular weight excluding hydrogens is 251 g/mol. The average molecular weight is 271 g/mol. The van der Waals surface area contributed by atoms with Gasteiger partial charge >= 0.3 is 51.4 Å². The molecule has 1 saturated carbocycles. The number of rotatable bonds is 1. The SMILES string of the molecule is S=C([S-])OC1CCCCCCCCC1.[K+]. The summed E-state index contributed by atoms with van der Waals surface area (Å²) in [6.45, 7) is 0. The Hall–Kier alpha value is 1.75. The van der Waals surface area contributed by atoms with Crippen LogP contribution in [0.5, 0.6) is 0 Å². The summed E-state index contributed by atoms with van der Waals surface area (Å²) in [6, 6.07) is 0. The van der Waals surface area contributed by atoms with Gasteiger partial charge in [-0.15, -0.1) is 0 Å². The van der Waals surface area contributed by atoms with Gasteiger partial charge in [-0.05, 0) is 25.7 Å². The molecule has 0 spiro atoms. The van der Waals surface area contributed by atoms with E-state index in [1.54, 1.807) is 0 Å². The smallest absolute Gasteiger partial charge is 0.510 e. The van der Waals surface area contributed by atoms with Crippen molar-refractivity contribution < 1.29 is 56.1 Å². The summed E-state index contributed by atoms with van der Waals surface area (Å²) < 4.78 is 5.77. The zero-order valence-electron chi connectivity index (χ0n) is 9.67. The number of hydrogen-bond donors (Lipinski definition) is 0. The third-order valence-corrected chi connectivity index (χ3v) is 3.01. The van der Waals surface area contributed by atoms with E-state index in [9.17, 15) is 0 Å². The van der Waals surface area contributed by atoms with Gasteiger partial charge in [-0.1, -0.05) is 32.1 Å². The van der Waals surface area contributed by atoms with E-state index in [2.05, 4.69) is 0 Å². The number of thiocarbonyl (C=S) groups is 1. The van der Waals surface area contributed by atoms with E-state index in [1.165, 1.54) is 44.9 Å². The zero-order valence-corrected chi connectivity index (χ0v) is 14.4. The molecule has 0 bridgehead atoms. The van der Waals surface area contributed by atoms with Crippen LogP contribution in [0.15, 0.2) is 0 Å². The van der Waals surface area contributed by atoms with Gasteiger partial charge in [0.2, 0.25) is 0 Å². The Morgan fingerprint density at radius 1 is 0.933 bits per heavy atom. The van der Waals surface area contributed by atoms with Gasteiger partial charge in [-0.2, -0.15) is 0 Å². The van der Waals surface area contributed by atoms with Gasteiger partial charge in [0.15, 0.2) is 0 Å². The normalized spacial score (nSPS) is 20.0. The second kappa shape index (κ2) is 10.9. The van der Waals surface area contributed by atoms with E-state index in [4.69, 9.17) is 29.6 Å². The molecule has 0 atom stereocenters. The second-order valence-electron chi connectivity index (χ2n) is 4.04. The third kappa shape index (κ3) is 9.45. The predicted octanol–water partition coefficient (Wildman–Crippen LogP) is 0.732. The molecule has 0 aliphatic heterocycles. The van der Waals surface area contributed by atoms with E-state index >= 15 is 0 Å². The van der Waals surface area contributed by atoms with Gasteiger partial charge in [0.25, 0.3) is 0 Å². The maximum Gasteiger partial charge on any atom is 1.00 e. The summed E-state index contributed by atoms with van der Waals surface area (Å²) in [5.74, 6) is 0. The summed E-state index contributed by atoms with van der Waals surface area (Å²) in [5.41, 5.74) is 0. The van der Waals surface area contributed by atoms with Crippen LogP contribution < -0.4 is 51.4 Å². The van der Waals surface area contributed by atoms with Crippen LogP contribution in [0, 0.1) is 0 Å². The molecule has 0 unspecified atom stereocenters. The zero-order chi connectivity index (χ0) is 10.2. The van der Waals surface area contributed by atoms with Gasteiger partial charge in [-0.3, -0.25) is 0 Å². The predicted molar refractivity (Wildman–Crippen MR) is 66.4 cm³/mol. The summed E-state index contributed by atoms with van der Waals surface area (Å²) in [7, 11) is 0. The summed E-state index contributed by atoms with van der Waals surface area (Å²) in [4.78, 5) is 0. The van der Waals surface area contributed by atoms with E-state index < -0.39 is 0 Å². The molecule has 82 valence electrons. The first-order valence-electron chi connectivity index (χ1n) is 5.66. The minimum absolute atomic E-state index is 0. The van der Waals surface area contributed by atoms with Gasteiger partial charge in [0, 0.05) is 4.38 Å². The molecule has 0 saturated heterocycles. The first kappa shape index (κ1) is 16.7. The largest absolute Gasteiger partial charge is 1.00 e. The summed E-state index contributed by atoms with van der Waals surface area (Å²) >= 11 is 9.62. The van der Waals surface area contributed by atoms with Gasteiger partial charge in [-0.25, -0.2) is 0 Å². The van der Waals surface area contributed by atoms with E-state index in [0.717, 1.165) is 12.8 Å². The Morgan fingerprint density at radius 2 is 1.33 bits per heavy atom. The molecule has 0 aromatic heterocycles. The van der Waals surface area contributed by atoms with Gasteiger partial charge in [0.05, 0.1) is 6.10 Å². The molecule has 1 rings (SSSR count). The van der Waals surface area contributed by atoms with E-state index in [-0.39, 0.29) is 51.4 Å². The molecule has 4 heteroatoms. The van der Waals surface area contributed by atoms with Gasteiger partial charge in [0.1, 0.15) is 0 Å². The second-order valence-corrected chi connectivity index (χ2v) is 5.04. The fraction of sp³-hybridized carbons (Fsp3) is 0.909. The molecule has 0 aromatic rings. The monoisotopic (exact) mass is 270 g/mol. The van der Waals surface area contributed by atoms with Crippen molar-refractivity contribution in [3.05, 3.63) is 0 Å². The molecule has 15 heavy (non-hydrogen) atoms. The maximum atomic E-state index is 5.47. The molecule has 0 N–H and O–H groups in total. The van der Waals surface area contributed by atoms with Crippen molar-refractivity contribution in [2.75, 3.05) is 0 Å². The molecule has 0 heterocycles. The van der Waals surface area contributed by atoms with Crippen LogP contribution in [0.3, 0.4) is 0 Å². The first-order chi connectivity index (χ1) is 6.79. The number of ether oxygens (including phenoxy) is 1. The first-order valence-corrected chi connectivity index (χ1v) is 6.48. The molecule has 1 fully saturated rings.